The second kappa shape index (κ2) is 5.07. The fourth-order valence-electron chi connectivity index (χ4n) is 1.95. The van der Waals surface area contributed by atoms with E-state index in [0.717, 1.165) is 31.8 Å². The molecule has 0 bridgehead atoms. The molecule has 0 aromatic carbocycles. The Balaban J connectivity index is 1.94. The minimum Gasteiger partial charge on any atom is -0.350 e. The highest BCUT2D eigenvalue weighted by Gasteiger charge is 2.21. The van der Waals surface area contributed by atoms with Crippen molar-refractivity contribution in [3.63, 3.8) is 0 Å². The molecule has 1 aliphatic rings. The summed E-state index contributed by atoms with van der Waals surface area (Å²) in [5.74, 6) is 0.0304. The number of carbonyl (C=O) groups excluding carboxylic acids is 1. The first-order valence-electron chi connectivity index (χ1n) is 5.65. The van der Waals surface area contributed by atoms with Gasteiger partial charge in [0.2, 0.25) is 11.9 Å². The first-order chi connectivity index (χ1) is 8.15. The summed E-state index contributed by atoms with van der Waals surface area (Å²) in [4.78, 5) is 20.7. The van der Waals surface area contributed by atoms with Crippen molar-refractivity contribution < 1.29 is 9.18 Å². The number of hydrogen-bond donors (Lipinski definition) is 1. The van der Waals surface area contributed by atoms with Crippen molar-refractivity contribution in [2.24, 2.45) is 0 Å². The van der Waals surface area contributed by atoms with Crippen molar-refractivity contribution in [2.75, 3.05) is 18.4 Å². The molecule has 1 fully saturated rings. The summed E-state index contributed by atoms with van der Waals surface area (Å²) >= 11 is 0. The van der Waals surface area contributed by atoms with Gasteiger partial charge in [-0.3, -0.25) is 4.79 Å². The van der Waals surface area contributed by atoms with E-state index >= 15 is 0 Å². The minimum absolute atomic E-state index is 0.0801. The zero-order valence-corrected chi connectivity index (χ0v) is 9.69. The largest absolute Gasteiger partial charge is 0.350 e. The molecule has 92 valence electrons. The number of anilines is 1. The fourth-order valence-corrected chi connectivity index (χ4v) is 1.95. The number of nitrogens with one attached hydrogen (secondary N) is 1. The summed E-state index contributed by atoms with van der Waals surface area (Å²) in [5.41, 5.74) is 0. The number of amides is 1. The van der Waals surface area contributed by atoms with Crippen LogP contribution in [0.3, 0.4) is 0 Å². The van der Waals surface area contributed by atoms with Crippen LogP contribution in [0.25, 0.3) is 0 Å². The Labute approximate surface area is 99.1 Å². The quantitative estimate of drug-likeness (QED) is 0.836. The van der Waals surface area contributed by atoms with Gasteiger partial charge in [0.15, 0.2) is 5.82 Å². The number of hydrogen-bond acceptors (Lipinski definition) is 4. The maximum atomic E-state index is 12.6. The number of likely N-dealkylation sites (tertiary alicyclic amines) is 1. The van der Waals surface area contributed by atoms with Crippen LogP contribution < -0.4 is 5.32 Å². The molecule has 1 aliphatic heterocycles. The number of piperidine rings is 1. The summed E-state index contributed by atoms with van der Waals surface area (Å²) in [7, 11) is 0. The van der Waals surface area contributed by atoms with Gasteiger partial charge >= 0.3 is 0 Å². The lowest BCUT2D eigenvalue weighted by Gasteiger charge is -2.32. The zero-order chi connectivity index (χ0) is 12.3. The molecule has 1 N–H and O–H groups in total. The molecular formula is C11H15FN4O. The van der Waals surface area contributed by atoms with Crippen LogP contribution >= 0.6 is 0 Å². The highest BCUT2D eigenvalue weighted by molar-refractivity contribution is 5.73. The maximum absolute atomic E-state index is 12.6. The molecule has 0 aliphatic carbocycles. The van der Waals surface area contributed by atoms with E-state index in [1.54, 1.807) is 11.8 Å². The lowest BCUT2D eigenvalue weighted by atomic mass is 10.1. The summed E-state index contributed by atoms with van der Waals surface area (Å²) in [6, 6.07) is 0.137. The van der Waals surface area contributed by atoms with Crippen molar-refractivity contribution in [2.45, 2.75) is 25.8 Å². The van der Waals surface area contributed by atoms with Crippen molar-refractivity contribution in [1.82, 2.24) is 14.9 Å². The van der Waals surface area contributed by atoms with Crippen LogP contribution in [-0.4, -0.2) is 39.9 Å². The first-order valence-corrected chi connectivity index (χ1v) is 5.65. The molecule has 1 unspecified atom stereocenters. The molecule has 6 heteroatoms. The van der Waals surface area contributed by atoms with Crippen molar-refractivity contribution >= 4 is 11.9 Å². The Kier molecular flexibility index (Phi) is 3.51. The summed E-state index contributed by atoms with van der Waals surface area (Å²) in [6.07, 6.45) is 4.17. The predicted molar refractivity (Wildman–Crippen MR) is 60.9 cm³/mol. The number of halogens is 1. The molecule has 1 atom stereocenters. The molecule has 0 spiro atoms. The summed E-state index contributed by atoms with van der Waals surface area (Å²) in [6.45, 7) is 3.02. The average Bonchev–Trinajstić information content (AvgIpc) is 2.32. The van der Waals surface area contributed by atoms with Gasteiger partial charge in [0.1, 0.15) is 0 Å². The highest BCUT2D eigenvalue weighted by Crippen LogP contribution is 2.13. The molecule has 1 saturated heterocycles. The van der Waals surface area contributed by atoms with E-state index in [9.17, 15) is 9.18 Å². The van der Waals surface area contributed by atoms with Gasteiger partial charge in [0.25, 0.3) is 0 Å². The van der Waals surface area contributed by atoms with E-state index in [2.05, 4.69) is 15.3 Å². The first kappa shape index (κ1) is 11.8. The Morgan fingerprint density at radius 3 is 2.88 bits per heavy atom. The van der Waals surface area contributed by atoms with Gasteiger partial charge in [0, 0.05) is 26.1 Å². The van der Waals surface area contributed by atoms with E-state index in [1.807, 2.05) is 0 Å². The van der Waals surface area contributed by atoms with E-state index in [0.29, 0.717) is 12.5 Å². The standard InChI is InChI=1S/C11H15FN4O/c1-8(17)16-4-2-3-10(7-16)15-11-13-5-9(12)6-14-11/h5-6,10H,2-4,7H2,1H3,(H,13,14,15). The van der Waals surface area contributed by atoms with E-state index in [1.165, 1.54) is 0 Å². The Morgan fingerprint density at radius 1 is 1.53 bits per heavy atom. The molecule has 1 amide bonds. The molecule has 17 heavy (non-hydrogen) atoms. The van der Waals surface area contributed by atoms with E-state index in [4.69, 9.17) is 0 Å². The van der Waals surface area contributed by atoms with Crippen LogP contribution in [0.5, 0.6) is 0 Å². The second-order valence-corrected chi connectivity index (χ2v) is 4.17. The smallest absolute Gasteiger partial charge is 0.223 e. The van der Waals surface area contributed by atoms with Gasteiger partial charge in [0.05, 0.1) is 12.4 Å². The third-order valence-electron chi connectivity index (χ3n) is 2.82. The number of nitrogens with zero attached hydrogens (tertiary/aromatic N) is 3. The van der Waals surface area contributed by atoms with Crippen LogP contribution in [0.2, 0.25) is 0 Å². The van der Waals surface area contributed by atoms with Crippen LogP contribution in [0, 0.1) is 5.82 Å². The SMILES string of the molecule is CC(=O)N1CCCC(Nc2ncc(F)cn2)C1. The van der Waals surface area contributed by atoms with Gasteiger partial charge in [-0.1, -0.05) is 0 Å². The topological polar surface area (TPSA) is 58.1 Å². The number of rotatable bonds is 2. The van der Waals surface area contributed by atoms with Gasteiger partial charge < -0.3 is 10.2 Å². The molecule has 2 heterocycles. The van der Waals surface area contributed by atoms with E-state index < -0.39 is 5.82 Å². The normalized spacial score (nSPS) is 20.1. The Hall–Kier alpha value is -1.72. The van der Waals surface area contributed by atoms with Crippen molar-refractivity contribution in [1.29, 1.82) is 0 Å². The Morgan fingerprint density at radius 2 is 2.24 bits per heavy atom. The summed E-state index contributed by atoms with van der Waals surface area (Å²) in [5, 5.41) is 3.11. The van der Waals surface area contributed by atoms with Crippen LogP contribution in [0.15, 0.2) is 12.4 Å². The number of carbonyl (C=O) groups is 1. The van der Waals surface area contributed by atoms with Crippen LogP contribution in [0.1, 0.15) is 19.8 Å². The lowest BCUT2D eigenvalue weighted by molar-refractivity contribution is -0.129. The Bertz CT molecular complexity index is 395. The maximum Gasteiger partial charge on any atom is 0.223 e. The molecule has 0 radical (unpaired) electrons. The molecule has 5 nitrogen and oxygen atoms in total. The van der Waals surface area contributed by atoms with Gasteiger partial charge in [-0.25, -0.2) is 14.4 Å². The fraction of sp³-hybridized carbons (Fsp3) is 0.545. The zero-order valence-electron chi connectivity index (χ0n) is 9.69. The molecule has 1 aromatic heterocycles. The molecule has 1 aromatic rings. The van der Waals surface area contributed by atoms with E-state index in [-0.39, 0.29) is 11.9 Å². The van der Waals surface area contributed by atoms with Gasteiger partial charge in [-0.2, -0.15) is 0 Å². The van der Waals surface area contributed by atoms with Crippen molar-refractivity contribution in [3.8, 4) is 0 Å². The van der Waals surface area contributed by atoms with Crippen LogP contribution in [0.4, 0.5) is 10.3 Å². The third-order valence-corrected chi connectivity index (χ3v) is 2.82. The molecule has 0 saturated carbocycles. The molecule has 2 rings (SSSR count). The van der Waals surface area contributed by atoms with Gasteiger partial charge in [-0.05, 0) is 12.8 Å². The van der Waals surface area contributed by atoms with Crippen molar-refractivity contribution in [3.05, 3.63) is 18.2 Å². The monoisotopic (exact) mass is 238 g/mol. The number of aromatic nitrogens is 2. The second-order valence-electron chi connectivity index (χ2n) is 4.17. The highest BCUT2D eigenvalue weighted by atomic mass is 19.1. The molecular weight excluding hydrogens is 223 g/mol. The average molecular weight is 238 g/mol. The lowest BCUT2D eigenvalue weighted by Crippen LogP contribution is -2.44. The van der Waals surface area contributed by atoms with Crippen LogP contribution in [-0.2, 0) is 4.79 Å². The minimum atomic E-state index is -0.454. The predicted octanol–water partition coefficient (Wildman–Crippen LogP) is 1.04. The summed E-state index contributed by atoms with van der Waals surface area (Å²) < 4.78 is 12.6. The van der Waals surface area contributed by atoms with Gasteiger partial charge in [-0.15, -0.1) is 0 Å². The third kappa shape index (κ3) is 3.12.